The van der Waals surface area contributed by atoms with E-state index in [0.717, 1.165) is 5.56 Å². The maximum atomic E-state index is 12.1. The van der Waals surface area contributed by atoms with E-state index in [9.17, 15) is 4.79 Å². The number of hydrogen-bond donors (Lipinski definition) is 2. The van der Waals surface area contributed by atoms with Gasteiger partial charge in [0.05, 0.1) is 6.61 Å². The first-order chi connectivity index (χ1) is 9.77. The van der Waals surface area contributed by atoms with Crippen molar-refractivity contribution in [3.63, 3.8) is 0 Å². The lowest BCUT2D eigenvalue weighted by Crippen LogP contribution is -2.38. The zero-order valence-corrected chi connectivity index (χ0v) is 11.6. The standard InChI is InChI=1S/C16H22N2O2/c1-2-12-20-15(13-14-8-4-3-5-9-14)16(19)18-11-7-6-10-17/h2-9,15H,1,10-13,17H2,(H,18,19)/b7-6+/t15-/m0/s1. The number of carbonyl (C=O) groups is 1. The van der Waals surface area contributed by atoms with Gasteiger partial charge in [0.2, 0.25) is 5.91 Å². The van der Waals surface area contributed by atoms with Crippen LogP contribution in [0.2, 0.25) is 0 Å². The van der Waals surface area contributed by atoms with Crippen molar-refractivity contribution in [3.05, 3.63) is 60.7 Å². The summed E-state index contributed by atoms with van der Waals surface area (Å²) in [7, 11) is 0. The zero-order valence-electron chi connectivity index (χ0n) is 11.6. The summed E-state index contributed by atoms with van der Waals surface area (Å²) in [6.45, 7) is 4.88. The number of nitrogens with two attached hydrogens (primary N) is 1. The summed E-state index contributed by atoms with van der Waals surface area (Å²) in [5.74, 6) is -0.127. The fraction of sp³-hybridized carbons (Fsp3) is 0.312. The van der Waals surface area contributed by atoms with Crippen molar-refractivity contribution in [3.8, 4) is 0 Å². The van der Waals surface area contributed by atoms with Gasteiger partial charge in [-0.2, -0.15) is 0 Å². The minimum Gasteiger partial charge on any atom is -0.364 e. The van der Waals surface area contributed by atoms with Crippen molar-refractivity contribution in [2.45, 2.75) is 12.5 Å². The number of carbonyl (C=O) groups excluding carboxylic acids is 1. The van der Waals surface area contributed by atoms with Crippen molar-refractivity contribution < 1.29 is 9.53 Å². The van der Waals surface area contributed by atoms with E-state index < -0.39 is 6.10 Å². The van der Waals surface area contributed by atoms with Gasteiger partial charge in [0, 0.05) is 19.5 Å². The molecule has 1 rings (SSSR count). The number of amides is 1. The second kappa shape index (κ2) is 9.95. The lowest BCUT2D eigenvalue weighted by molar-refractivity contribution is -0.131. The van der Waals surface area contributed by atoms with Crippen molar-refractivity contribution in [2.24, 2.45) is 5.73 Å². The van der Waals surface area contributed by atoms with Crippen LogP contribution in [-0.2, 0) is 16.0 Å². The Hall–Kier alpha value is -1.91. The summed E-state index contributed by atoms with van der Waals surface area (Å²) in [4.78, 5) is 12.1. The molecule has 1 atom stereocenters. The monoisotopic (exact) mass is 274 g/mol. The predicted octanol–water partition coefficient (Wildman–Crippen LogP) is 1.43. The van der Waals surface area contributed by atoms with Gasteiger partial charge in [-0.25, -0.2) is 0 Å². The molecule has 1 aromatic rings. The highest BCUT2D eigenvalue weighted by Gasteiger charge is 2.18. The number of hydrogen-bond acceptors (Lipinski definition) is 3. The van der Waals surface area contributed by atoms with Gasteiger partial charge in [0.25, 0.3) is 0 Å². The molecule has 0 unspecified atom stereocenters. The Morgan fingerprint density at radius 2 is 2.10 bits per heavy atom. The molecule has 3 N–H and O–H groups in total. The van der Waals surface area contributed by atoms with E-state index >= 15 is 0 Å². The second-order valence-electron chi connectivity index (χ2n) is 4.25. The van der Waals surface area contributed by atoms with Crippen LogP contribution in [0.5, 0.6) is 0 Å². The van der Waals surface area contributed by atoms with Crippen LogP contribution in [0.4, 0.5) is 0 Å². The van der Waals surface area contributed by atoms with Crippen molar-refractivity contribution in [1.29, 1.82) is 0 Å². The molecule has 0 aliphatic heterocycles. The van der Waals surface area contributed by atoms with E-state index in [1.165, 1.54) is 0 Å². The topological polar surface area (TPSA) is 64.3 Å². The molecule has 0 fully saturated rings. The Kier molecular flexibility index (Phi) is 8.03. The average Bonchev–Trinajstić information content (AvgIpc) is 2.48. The quantitative estimate of drug-likeness (QED) is 0.670. The Bertz CT molecular complexity index is 429. The largest absolute Gasteiger partial charge is 0.364 e. The van der Waals surface area contributed by atoms with E-state index in [4.69, 9.17) is 10.5 Å². The van der Waals surface area contributed by atoms with Gasteiger partial charge in [-0.1, -0.05) is 48.6 Å². The van der Waals surface area contributed by atoms with E-state index in [-0.39, 0.29) is 5.91 Å². The van der Waals surface area contributed by atoms with Crippen LogP contribution in [0, 0.1) is 0 Å². The molecule has 108 valence electrons. The van der Waals surface area contributed by atoms with Crippen LogP contribution in [0.1, 0.15) is 5.56 Å². The third-order valence-corrected chi connectivity index (χ3v) is 2.67. The fourth-order valence-corrected chi connectivity index (χ4v) is 1.69. The van der Waals surface area contributed by atoms with Gasteiger partial charge in [0.1, 0.15) is 6.10 Å². The number of rotatable bonds is 9. The first-order valence-electron chi connectivity index (χ1n) is 6.67. The normalized spacial score (nSPS) is 12.2. The zero-order chi connectivity index (χ0) is 14.6. The third-order valence-electron chi connectivity index (χ3n) is 2.67. The maximum Gasteiger partial charge on any atom is 0.249 e. The lowest BCUT2D eigenvalue weighted by atomic mass is 10.1. The molecular formula is C16H22N2O2. The van der Waals surface area contributed by atoms with Gasteiger partial charge in [-0.3, -0.25) is 4.79 Å². The molecule has 0 aromatic heterocycles. The minimum atomic E-state index is -0.512. The van der Waals surface area contributed by atoms with Crippen molar-refractivity contribution in [1.82, 2.24) is 5.32 Å². The molecule has 20 heavy (non-hydrogen) atoms. The van der Waals surface area contributed by atoms with E-state index in [2.05, 4.69) is 11.9 Å². The molecule has 4 heteroatoms. The molecule has 1 amide bonds. The Morgan fingerprint density at radius 1 is 1.35 bits per heavy atom. The molecule has 0 aliphatic carbocycles. The molecule has 4 nitrogen and oxygen atoms in total. The predicted molar refractivity (Wildman–Crippen MR) is 81.3 cm³/mol. The summed E-state index contributed by atoms with van der Waals surface area (Å²) >= 11 is 0. The minimum absolute atomic E-state index is 0.127. The summed E-state index contributed by atoms with van der Waals surface area (Å²) in [6, 6.07) is 9.79. The van der Waals surface area contributed by atoms with Crippen molar-refractivity contribution >= 4 is 5.91 Å². The Labute approximate surface area is 120 Å². The van der Waals surface area contributed by atoms with Gasteiger partial charge < -0.3 is 15.8 Å². The van der Waals surface area contributed by atoms with E-state index in [1.54, 1.807) is 12.2 Å². The summed E-state index contributed by atoms with van der Waals surface area (Å²) in [6.07, 6.45) is 5.30. The van der Waals surface area contributed by atoms with Gasteiger partial charge >= 0.3 is 0 Å². The highest BCUT2D eigenvalue weighted by atomic mass is 16.5. The third kappa shape index (κ3) is 6.31. The fourth-order valence-electron chi connectivity index (χ4n) is 1.69. The summed E-state index contributed by atoms with van der Waals surface area (Å²) in [5.41, 5.74) is 6.40. The number of nitrogens with one attached hydrogen (secondary N) is 1. The molecule has 0 saturated heterocycles. The highest BCUT2D eigenvalue weighted by molar-refractivity contribution is 5.81. The average molecular weight is 274 g/mol. The lowest BCUT2D eigenvalue weighted by Gasteiger charge is -2.16. The van der Waals surface area contributed by atoms with Crippen LogP contribution in [0.3, 0.4) is 0 Å². The highest BCUT2D eigenvalue weighted by Crippen LogP contribution is 2.06. The molecule has 1 aromatic carbocycles. The smallest absolute Gasteiger partial charge is 0.249 e. The van der Waals surface area contributed by atoms with Crippen LogP contribution in [0.15, 0.2) is 55.1 Å². The number of ether oxygens (including phenoxy) is 1. The van der Waals surface area contributed by atoms with Crippen LogP contribution >= 0.6 is 0 Å². The van der Waals surface area contributed by atoms with Crippen LogP contribution < -0.4 is 11.1 Å². The Balaban J connectivity index is 2.56. The van der Waals surface area contributed by atoms with Crippen LogP contribution in [0.25, 0.3) is 0 Å². The molecule has 0 bridgehead atoms. The first kappa shape index (κ1) is 16.1. The maximum absolute atomic E-state index is 12.1. The van der Waals surface area contributed by atoms with Gasteiger partial charge in [-0.05, 0) is 5.56 Å². The molecule has 0 saturated carbocycles. The van der Waals surface area contributed by atoms with Crippen molar-refractivity contribution in [2.75, 3.05) is 19.7 Å². The summed E-state index contributed by atoms with van der Waals surface area (Å²) in [5, 5.41) is 2.81. The van der Waals surface area contributed by atoms with Gasteiger partial charge in [0.15, 0.2) is 0 Å². The van der Waals surface area contributed by atoms with E-state index in [1.807, 2.05) is 36.4 Å². The molecule has 0 aliphatic rings. The molecular weight excluding hydrogens is 252 g/mol. The van der Waals surface area contributed by atoms with E-state index in [0.29, 0.717) is 26.1 Å². The number of benzene rings is 1. The summed E-state index contributed by atoms with van der Waals surface area (Å²) < 4.78 is 5.54. The second-order valence-corrected chi connectivity index (χ2v) is 4.25. The SMILES string of the molecule is C=CCO[C@@H](Cc1ccccc1)C(=O)NC/C=C/CN. The molecule has 0 radical (unpaired) electrons. The van der Waals surface area contributed by atoms with Gasteiger partial charge in [-0.15, -0.1) is 6.58 Å². The first-order valence-corrected chi connectivity index (χ1v) is 6.67. The Morgan fingerprint density at radius 3 is 2.75 bits per heavy atom. The molecule has 0 heterocycles. The molecule has 0 spiro atoms. The van der Waals surface area contributed by atoms with Crippen LogP contribution in [-0.4, -0.2) is 31.7 Å².